The number of carbonyl (C=O) groups excluding carboxylic acids is 1. The van der Waals surface area contributed by atoms with Gasteiger partial charge < -0.3 is 9.47 Å². The van der Waals surface area contributed by atoms with Crippen molar-refractivity contribution in [1.82, 2.24) is 4.90 Å². The first-order valence-electron chi connectivity index (χ1n) is 7.75. The van der Waals surface area contributed by atoms with E-state index in [2.05, 4.69) is 11.0 Å². The average Bonchev–Trinajstić information content (AvgIpc) is 2.56. The van der Waals surface area contributed by atoms with Gasteiger partial charge >= 0.3 is 5.97 Å². The van der Waals surface area contributed by atoms with Crippen LogP contribution < -0.4 is 4.74 Å². The Labute approximate surface area is 131 Å². The average molecular weight is 302 g/mol. The molecule has 5 nitrogen and oxygen atoms in total. The highest BCUT2D eigenvalue weighted by Crippen LogP contribution is 2.18. The molecule has 1 fully saturated rings. The van der Waals surface area contributed by atoms with Gasteiger partial charge in [-0.25, -0.2) is 0 Å². The van der Waals surface area contributed by atoms with Crippen molar-refractivity contribution < 1.29 is 14.3 Å². The molecule has 0 aliphatic carbocycles. The fourth-order valence-corrected chi connectivity index (χ4v) is 2.63. The molecule has 1 heterocycles. The summed E-state index contributed by atoms with van der Waals surface area (Å²) in [6.45, 7) is 5.38. The molecule has 0 bridgehead atoms. The topological polar surface area (TPSA) is 62.6 Å². The molecule has 1 atom stereocenters. The second kappa shape index (κ2) is 8.40. The third kappa shape index (κ3) is 4.74. The lowest BCUT2D eigenvalue weighted by Gasteiger charge is -2.31. The maximum absolute atomic E-state index is 11.8. The molecule has 118 valence electrons. The van der Waals surface area contributed by atoms with Crippen molar-refractivity contribution in [2.75, 3.05) is 32.8 Å². The zero-order chi connectivity index (χ0) is 15.8. The molecule has 1 aliphatic heterocycles. The van der Waals surface area contributed by atoms with E-state index in [1.165, 1.54) is 0 Å². The minimum atomic E-state index is -0.0831. The van der Waals surface area contributed by atoms with E-state index in [0.717, 1.165) is 38.2 Å². The SMILES string of the molecule is CCOC(=O)[C@H]1CCCN(CCOc2ccc(C#N)cc2)C1. The van der Waals surface area contributed by atoms with Crippen LogP contribution in [0.15, 0.2) is 24.3 Å². The molecular formula is C17H22N2O3. The zero-order valence-corrected chi connectivity index (χ0v) is 13.0. The Morgan fingerprint density at radius 3 is 2.86 bits per heavy atom. The lowest BCUT2D eigenvalue weighted by atomic mass is 9.98. The third-order valence-electron chi connectivity index (χ3n) is 3.79. The number of piperidine rings is 1. The third-order valence-corrected chi connectivity index (χ3v) is 3.79. The second-order valence-electron chi connectivity index (χ2n) is 5.38. The summed E-state index contributed by atoms with van der Waals surface area (Å²) in [5.74, 6) is 0.668. The minimum absolute atomic E-state index is 0.0105. The summed E-state index contributed by atoms with van der Waals surface area (Å²) in [6, 6.07) is 9.17. The van der Waals surface area contributed by atoms with Crippen LogP contribution in [0.1, 0.15) is 25.3 Å². The van der Waals surface area contributed by atoms with E-state index in [4.69, 9.17) is 14.7 Å². The standard InChI is InChI=1S/C17H22N2O3/c1-2-21-17(20)15-4-3-9-19(13-15)10-11-22-16-7-5-14(12-18)6-8-16/h5-8,15H,2-4,9-11,13H2,1H3/t15-/m0/s1. The smallest absolute Gasteiger partial charge is 0.310 e. The highest BCUT2D eigenvalue weighted by Gasteiger charge is 2.26. The van der Waals surface area contributed by atoms with Crippen molar-refractivity contribution in [1.29, 1.82) is 5.26 Å². The molecule has 0 spiro atoms. The molecule has 2 rings (SSSR count). The first kappa shape index (κ1) is 16.3. The summed E-state index contributed by atoms with van der Waals surface area (Å²) < 4.78 is 10.8. The van der Waals surface area contributed by atoms with Gasteiger partial charge in [0.2, 0.25) is 0 Å². The van der Waals surface area contributed by atoms with Crippen LogP contribution in [0.25, 0.3) is 0 Å². The predicted molar refractivity (Wildman–Crippen MR) is 82.4 cm³/mol. The molecule has 0 saturated carbocycles. The Bertz CT molecular complexity index is 522. The number of carbonyl (C=O) groups is 1. The van der Waals surface area contributed by atoms with Crippen LogP contribution in [0, 0.1) is 17.2 Å². The van der Waals surface area contributed by atoms with Gasteiger partial charge in [0.25, 0.3) is 0 Å². The van der Waals surface area contributed by atoms with E-state index in [-0.39, 0.29) is 11.9 Å². The number of nitrogens with zero attached hydrogens (tertiary/aromatic N) is 2. The van der Waals surface area contributed by atoms with Crippen molar-refractivity contribution in [3.63, 3.8) is 0 Å². The number of likely N-dealkylation sites (tertiary alicyclic amines) is 1. The number of hydrogen-bond acceptors (Lipinski definition) is 5. The summed E-state index contributed by atoms with van der Waals surface area (Å²) in [6.07, 6.45) is 1.92. The van der Waals surface area contributed by atoms with Crippen LogP contribution in [0.4, 0.5) is 0 Å². The zero-order valence-electron chi connectivity index (χ0n) is 13.0. The highest BCUT2D eigenvalue weighted by atomic mass is 16.5. The molecule has 22 heavy (non-hydrogen) atoms. The van der Waals surface area contributed by atoms with Crippen molar-refractivity contribution >= 4 is 5.97 Å². The normalized spacial score (nSPS) is 18.5. The van der Waals surface area contributed by atoms with Gasteiger partial charge in [0.15, 0.2) is 0 Å². The molecule has 0 radical (unpaired) electrons. The van der Waals surface area contributed by atoms with Gasteiger partial charge in [-0.05, 0) is 50.6 Å². The van der Waals surface area contributed by atoms with Crippen LogP contribution in [0.3, 0.4) is 0 Å². The van der Waals surface area contributed by atoms with Gasteiger partial charge in [-0.3, -0.25) is 9.69 Å². The maximum Gasteiger partial charge on any atom is 0.310 e. The molecule has 5 heteroatoms. The first-order valence-corrected chi connectivity index (χ1v) is 7.75. The quantitative estimate of drug-likeness (QED) is 0.754. The van der Waals surface area contributed by atoms with Crippen molar-refractivity contribution in [2.24, 2.45) is 5.92 Å². The van der Waals surface area contributed by atoms with E-state index in [9.17, 15) is 4.79 Å². The van der Waals surface area contributed by atoms with Gasteiger partial charge in [-0.1, -0.05) is 0 Å². The molecule has 0 unspecified atom stereocenters. The monoisotopic (exact) mass is 302 g/mol. The Morgan fingerprint density at radius 1 is 1.41 bits per heavy atom. The van der Waals surface area contributed by atoms with Gasteiger partial charge in [0.1, 0.15) is 12.4 Å². The molecule has 0 N–H and O–H groups in total. The van der Waals surface area contributed by atoms with Crippen LogP contribution in [0.2, 0.25) is 0 Å². The lowest BCUT2D eigenvalue weighted by Crippen LogP contribution is -2.41. The number of esters is 1. The van der Waals surface area contributed by atoms with Gasteiger partial charge in [-0.2, -0.15) is 5.26 Å². The summed E-state index contributed by atoms with van der Waals surface area (Å²) in [5, 5.41) is 8.75. The molecule has 1 aromatic carbocycles. The van der Waals surface area contributed by atoms with Gasteiger partial charge in [-0.15, -0.1) is 0 Å². The first-order chi connectivity index (χ1) is 10.7. The Hall–Kier alpha value is -2.06. The van der Waals surface area contributed by atoms with Crippen molar-refractivity contribution in [3.05, 3.63) is 29.8 Å². The maximum atomic E-state index is 11.8. The summed E-state index contributed by atoms with van der Waals surface area (Å²) in [5.41, 5.74) is 0.626. The van der Waals surface area contributed by atoms with Crippen molar-refractivity contribution in [2.45, 2.75) is 19.8 Å². The van der Waals surface area contributed by atoms with Crippen LogP contribution in [-0.4, -0.2) is 43.7 Å². The van der Waals surface area contributed by atoms with Gasteiger partial charge in [0.05, 0.1) is 24.2 Å². The molecule has 0 amide bonds. The predicted octanol–water partition coefficient (Wildman–Crippen LogP) is 2.21. The lowest BCUT2D eigenvalue weighted by molar-refractivity contribution is -0.150. The van der Waals surface area contributed by atoms with E-state index in [0.29, 0.717) is 18.8 Å². The van der Waals surface area contributed by atoms with Crippen LogP contribution in [0.5, 0.6) is 5.75 Å². The van der Waals surface area contributed by atoms with Crippen LogP contribution in [-0.2, 0) is 9.53 Å². The molecule has 1 aliphatic rings. The van der Waals surface area contributed by atoms with E-state index < -0.39 is 0 Å². The molecule has 1 saturated heterocycles. The fraction of sp³-hybridized carbons (Fsp3) is 0.529. The number of benzene rings is 1. The van der Waals surface area contributed by atoms with Gasteiger partial charge in [0, 0.05) is 13.1 Å². The summed E-state index contributed by atoms with van der Waals surface area (Å²) >= 11 is 0. The number of ether oxygens (including phenoxy) is 2. The van der Waals surface area contributed by atoms with E-state index >= 15 is 0 Å². The highest BCUT2D eigenvalue weighted by molar-refractivity contribution is 5.72. The Balaban J connectivity index is 1.74. The Kier molecular flexibility index (Phi) is 6.23. The summed E-state index contributed by atoms with van der Waals surface area (Å²) in [4.78, 5) is 14.0. The number of hydrogen-bond donors (Lipinski definition) is 0. The second-order valence-corrected chi connectivity index (χ2v) is 5.38. The largest absolute Gasteiger partial charge is 0.492 e. The van der Waals surface area contributed by atoms with Crippen molar-refractivity contribution in [3.8, 4) is 11.8 Å². The molecule has 0 aromatic heterocycles. The molecular weight excluding hydrogens is 280 g/mol. The summed E-state index contributed by atoms with van der Waals surface area (Å²) in [7, 11) is 0. The number of nitriles is 1. The minimum Gasteiger partial charge on any atom is -0.492 e. The number of rotatable bonds is 6. The fourth-order valence-electron chi connectivity index (χ4n) is 2.63. The van der Waals surface area contributed by atoms with E-state index in [1.807, 2.05) is 6.92 Å². The van der Waals surface area contributed by atoms with E-state index in [1.54, 1.807) is 24.3 Å². The molecule has 1 aromatic rings. The Morgan fingerprint density at radius 2 is 2.18 bits per heavy atom. The van der Waals surface area contributed by atoms with Crippen LogP contribution >= 0.6 is 0 Å².